The Balaban J connectivity index is 1.53. The molecule has 120 valence electrons. The van der Waals surface area contributed by atoms with E-state index in [1.54, 1.807) is 0 Å². The molecule has 0 N–H and O–H groups in total. The zero-order chi connectivity index (χ0) is 15.6. The summed E-state index contributed by atoms with van der Waals surface area (Å²) < 4.78 is 9.59. The highest BCUT2D eigenvalue weighted by Gasteiger charge is 2.27. The maximum atomic E-state index is 5.42. The molecular formula is C16H18N4OS2. The summed E-state index contributed by atoms with van der Waals surface area (Å²) in [5.74, 6) is 1.21. The molecule has 3 aromatic heterocycles. The van der Waals surface area contributed by atoms with Crippen LogP contribution < -0.4 is 0 Å². The monoisotopic (exact) mass is 346 g/mol. The third-order valence-corrected chi connectivity index (χ3v) is 5.83. The van der Waals surface area contributed by atoms with Gasteiger partial charge in [0.2, 0.25) is 0 Å². The Morgan fingerprint density at radius 1 is 1.43 bits per heavy atom. The largest absolute Gasteiger partial charge is 0.355 e. The van der Waals surface area contributed by atoms with Gasteiger partial charge < -0.3 is 4.52 Å². The van der Waals surface area contributed by atoms with Crippen LogP contribution in [0.4, 0.5) is 0 Å². The molecule has 1 aliphatic rings. The zero-order valence-electron chi connectivity index (χ0n) is 12.9. The Kier molecular flexibility index (Phi) is 4.24. The summed E-state index contributed by atoms with van der Waals surface area (Å²) in [6.07, 6.45) is 2.36. The highest BCUT2D eigenvalue weighted by Crippen LogP contribution is 2.35. The standard InChI is InChI=1S/C16H18N4OS2/c1-11-8-14(21-18-11)16-15(17-19-23-16)12-4-2-6-20(9-12)10-13-5-3-7-22-13/h3,5,7-8,12H,2,4,6,9-10H2,1H3/t12-/m1/s1. The van der Waals surface area contributed by atoms with Gasteiger partial charge in [0.15, 0.2) is 5.76 Å². The minimum absolute atomic E-state index is 0.419. The number of hydrogen-bond donors (Lipinski definition) is 0. The van der Waals surface area contributed by atoms with E-state index < -0.39 is 0 Å². The second kappa shape index (κ2) is 6.51. The van der Waals surface area contributed by atoms with Gasteiger partial charge in [0.05, 0.1) is 11.4 Å². The van der Waals surface area contributed by atoms with Gasteiger partial charge in [-0.25, -0.2) is 0 Å². The van der Waals surface area contributed by atoms with Crippen molar-refractivity contribution in [1.29, 1.82) is 0 Å². The number of aromatic nitrogens is 3. The average Bonchev–Trinajstić information content (AvgIpc) is 3.28. The van der Waals surface area contributed by atoms with Crippen LogP contribution in [0.3, 0.4) is 0 Å². The summed E-state index contributed by atoms with van der Waals surface area (Å²) in [5, 5.41) is 10.5. The minimum Gasteiger partial charge on any atom is -0.355 e. The van der Waals surface area contributed by atoms with E-state index in [1.165, 1.54) is 22.8 Å². The molecule has 0 unspecified atom stereocenters. The van der Waals surface area contributed by atoms with Crippen molar-refractivity contribution in [2.75, 3.05) is 13.1 Å². The molecule has 0 aromatic carbocycles. The fraction of sp³-hybridized carbons (Fsp3) is 0.438. The molecule has 0 saturated carbocycles. The smallest absolute Gasteiger partial charge is 0.180 e. The average molecular weight is 346 g/mol. The maximum absolute atomic E-state index is 5.42. The summed E-state index contributed by atoms with van der Waals surface area (Å²) in [6, 6.07) is 6.29. The second-order valence-corrected chi connectivity index (χ2v) is 7.76. The van der Waals surface area contributed by atoms with Gasteiger partial charge >= 0.3 is 0 Å². The summed E-state index contributed by atoms with van der Waals surface area (Å²) in [5.41, 5.74) is 1.96. The Labute approximate surface area is 143 Å². The Hall–Kier alpha value is -1.57. The molecule has 3 aromatic rings. The van der Waals surface area contributed by atoms with E-state index in [0.717, 1.165) is 48.1 Å². The van der Waals surface area contributed by atoms with Crippen molar-refractivity contribution in [3.05, 3.63) is 39.8 Å². The lowest BCUT2D eigenvalue weighted by molar-refractivity contribution is 0.200. The molecule has 1 atom stereocenters. The number of aryl methyl sites for hydroxylation is 1. The molecule has 1 saturated heterocycles. The van der Waals surface area contributed by atoms with Gasteiger partial charge in [-0.1, -0.05) is 15.7 Å². The molecule has 0 radical (unpaired) electrons. The van der Waals surface area contributed by atoms with Gasteiger partial charge in [0, 0.05) is 30.0 Å². The van der Waals surface area contributed by atoms with Crippen molar-refractivity contribution in [2.24, 2.45) is 0 Å². The molecular weight excluding hydrogens is 328 g/mol. The lowest BCUT2D eigenvalue weighted by atomic mass is 9.93. The van der Waals surface area contributed by atoms with Gasteiger partial charge in [0.25, 0.3) is 0 Å². The molecule has 7 heteroatoms. The molecule has 0 bridgehead atoms. The Morgan fingerprint density at radius 3 is 3.17 bits per heavy atom. The third kappa shape index (κ3) is 3.22. The topological polar surface area (TPSA) is 55.1 Å². The van der Waals surface area contributed by atoms with Crippen LogP contribution in [0.5, 0.6) is 0 Å². The van der Waals surface area contributed by atoms with Gasteiger partial charge in [-0.3, -0.25) is 4.90 Å². The third-order valence-electron chi connectivity index (χ3n) is 4.22. The summed E-state index contributed by atoms with van der Waals surface area (Å²) >= 11 is 3.23. The number of thiophene rings is 1. The van der Waals surface area contributed by atoms with Gasteiger partial charge in [0.1, 0.15) is 4.88 Å². The van der Waals surface area contributed by atoms with Crippen LogP contribution in [0, 0.1) is 6.92 Å². The Bertz CT molecular complexity index is 765. The number of hydrogen-bond acceptors (Lipinski definition) is 7. The molecule has 4 rings (SSSR count). The molecule has 1 aliphatic heterocycles. The highest BCUT2D eigenvalue weighted by molar-refractivity contribution is 7.10. The van der Waals surface area contributed by atoms with E-state index in [-0.39, 0.29) is 0 Å². The fourth-order valence-corrected chi connectivity index (χ4v) is 4.60. The van der Waals surface area contributed by atoms with Crippen molar-refractivity contribution < 1.29 is 4.52 Å². The van der Waals surface area contributed by atoms with Gasteiger partial charge in [-0.2, -0.15) is 0 Å². The fourth-order valence-electron chi connectivity index (χ4n) is 3.15. The predicted molar refractivity (Wildman–Crippen MR) is 91.7 cm³/mol. The van der Waals surface area contributed by atoms with Crippen LogP contribution in [0.15, 0.2) is 28.1 Å². The van der Waals surface area contributed by atoms with E-state index in [2.05, 4.69) is 37.2 Å². The van der Waals surface area contributed by atoms with E-state index in [9.17, 15) is 0 Å². The quantitative estimate of drug-likeness (QED) is 0.716. The molecule has 0 amide bonds. The summed E-state index contributed by atoms with van der Waals surface area (Å²) in [6.45, 7) is 5.15. The van der Waals surface area contributed by atoms with Gasteiger partial charge in [-0.15, -0.1) is 16.4 Å². The lowest BCUT2D eigenvalue weighted by Crippen LogP contribution is -2.33. The summed E-state index contributed by atoms with van der Waals surface area (Å²) in [4.78, 5) is 4.98. The molecule has 4 heterocycles. The number of nitrogens with zero attached hydrogens (tertiary/aromatic N) is 4. The van der Waals surface area contributed by atoms with E-state index >= 15 is 0 Å². The number of piperidine rings is 1. The van der Waals surface area contributed by atoms with E-state index in [0.29, 0.717) is 5.92 Å². The van der Waals surface area contributed by atoms with Crippen LogP contribution >= 0.6 is 22.9 Å². The predicted octanol–water partition coefficient (Wildman–Crippen LogP) is 3.94. The van der Waals surface area contributed by atoms with Crippen LogP contribution in [-0.4, -0.2) is 32.7 Å². The normalized spacial score (nSPS) is 19.3. The van der Waals surface area contributed by atoms with Crippen molar-refractivity contribution in [3.8, 4) is 10.6 Å². The van der Waals surface area contributed by atoms with Crippen molar-refractivity contribution in [2.45, 2.75) is 32.2 Å². The molecule has 0 spiro atoms. The Morgan fingerprint density at radius 2 is 2.39 bits per heavy atom. The molecule has 0 aliphatic carbocycles. The van der Waals surface area contributed by atoms with Crippen molar-refractivity contribution in [1.82, 2.24) is 19.6 Å². The minimum atomic E-state index is 0.419. The van der Waals surface area contributed by atoms with Gasteiger partial charge in [-0.05, 0) is 49.3 Å². The van der Waals surface area contributed by atoms with E-state index in [4.69, 9.17) is 4.52 Å². The first-order chi connectivity index (χ1) is 11.3. The van der Waals surface area contributed by atoms with Crippen molar-refractivity contribution >= 4 is 22.9 Å². The number of likely N-dealkylation sites (tertiary alicyclic amines) is 1. The maximum Gasteiger partial charge on any atom is 0.180 e. The first-order valence-electron chi connectivity index (χ1n) is 7.80. The van der Waals surface area contributed by atoms with Crippen molar-refractivity contribution in [3.63, 3.8) is 0 Å². The first kappa shape index (κ1) is 15.0. The molecule has 1 fully saturated rings. The highest BCUT2D eigenvalue weighted by atomic mass is 32.1. The first-order valence-corrected chi connectivity index (χ1v) is 9.45. The van der Waals surface area contributed by atoms with E-state index in [1.807, 2.05) is 24.3 Å². The molecule has 5 nitrogen and oxygen atoms in total. The van der Waals surface area contributed by atoms with Crippen LogP contribution in [0.25, 0.3) is 10.6 Å². The van der Waals surface area contributed by atoms with Crippen LogP contribution in [0.1, 0.15) is 35.0 Å². The summed E-state index contributed by atoms with van der Waals surface area (Å²) in [7, 11) is 0. The SMILES string of the molecule is Cc1cc(-c2snnc2[C@@H]2CCCN(Cc3cccs3)C2)on1. The second-order valence-electron chi connectivity index (χ2n) is 5.97. The number of rotatable bonds is 4. The van der Waals surface area contributed by atoms with Crippen LogP contribution in [-0.2, 0) is 6.54 Å². The molecule has 23 heavy (non-hydrogen) atoms. The zero-order valence-corrected chi connectivity index (χ0v) is 14.6. The van der Waals surface area contributed by atoms with Crippen LogP contribution in [0.2, 0.25) is 0 Å². The lowest BCUT2D eigenvalue weighted by Gasteiger charge is -2.31.